The van der Waals surface area contributed by atoms with Gasteiger partial charge in [0.25, 0.3) is 5.91 Å². The number of urea groups is 1. The van der Waals surface area contributed by atoms with Crippen molar-refractivity contribution in [2.45, 2.75) is 121 Å². The second-order valence-corrected chi connectivity index (χ2v) is 14.4. The SMILES string of the molecule is CC(=O)[C@@H]1CCOc2ccc(NC(=O)CCCCCCCCCCNC(=O)N3CCNCC3)cc2C(=O)N[C@@H](CCC(=O)O)C(=O)N[C@@H](CCCCN)C(=O)N1. The van der Waals surface area contributed by atoms with Crippen LogP contribution in [0.1, 0.15) is 114 Å². The summed E-state index contributed by atoms with van der Waals surface area (Å²) in [5.41, 5.74) is 5.94. The van der Waals surface area contributed by atoms with Crippen molar-refractivity contribution in [3.05, 3.63) is 23.8 Å². The van der Waals surface area contributed by atoms with Crippen molar-refractivity contribution >= 4 is 47.1 Å². The fourth-order valence-corrected chi connectivity index (χ4v) is 6.52. The molecule has 0 radical (unpaired) electrons. The molecule has 312 valence electrons. The van der Waals surface area contributed by atoms with Crippen molar-refractivity contribution in [2.75, 3.05) is 51.2 Å². The molecule has 6 amide bonds. The Kier molecular flexibility index (Phi) is 20.7. The fourth-order valence-electron chi connectivity index (χ4n) is 6.52. The number of nitrogens with zero attached hydrogens (tertiary/aromatic N) is 1. The highest BCUT2D eigenvalue weighted by Gasteiger charge is 2.30. The van der Waals surface area contributed by atoms with Gasteiger partial charge in [0.05, 0.1) is 18.2 Å². The molecule has 3 atom stereocenters. The number of carbonyl (C=O) groups is 7. The molecule has 9 N–H and O–H groups in total. The molecule has 2 aliphatic heterocycles. The molecule has 2 aliphatic rings. The van der Waals surface area contributed by atoms with Gasteiger partial charge in [-0.2, -0.15) is 0 Å². The fraction of sp³-hybridized carbons (Fsp3) is 0.667. The van der Waals surface area contributed by atoms with E-state index in [0.29, 0.717) is 38.0 Å². The van der Waals surface area contributed by atoms with E-state index in [-0.39, 0.29) is 61.3 Å². The van der Waals surface area contributed by atoms with Gasteiger partial charge in [-0.15, -0.1) is 0 Å². The molecule has 17 heteroatoms. The minimum atomic E-state index is -1.32. The summed E-state index contributed by atoms with van der Waals surface area (Å²) < 4.78 is 5.91. The molecule has 56 heavy (non-hydrogen) atoms. The Labute approximate surface area is 329 Å². The first-order valence-corrected chi connectivity index (χ1v) is 20.1. The van der Waals surface area contributed by atoms with Crippen LogP contribution in [-0.4, -0.2) is 115 Å². The van der Waals surface area contributed by atoms with Crippen LogP contribution in [0.4, 0.5) is 10.5 Å². The molecule has 3 rings (SSSR count). The van der Waals surface area contributed by atoms with Crippen molar-refractivity contribution in [3.8, 4) is 5.75 Å². The number of carboxylic acid groups (broad SMARTS) is 1. The zero-order valence-electron chi connectivity index (χ0n) is 32.8. The van der Waals surface area contributed by atoms with E-state index in [9.17, 15) is 38.7 Å². The van der Waals surface area contributed by atoms with E-state index in [1.54, 1.807) is 6.07 Å². The minimum absolute atomic E-state index is 0.00202. The predicted molar refractivity (Wildman–Crippen MR) is 210 cm³/mol. The highest BCUT2D eigenvalue weighted by molar-refractivity contribution is 6.02. The van der Waals surface area contributed by atoms with Gasteiger partial charge in [0.2, 0.25) is 17.7 Å². The average molecular weight is 787 g/mol. The third-order valence-corrected chi connectivity index (χ3v) is 9.84. The number of anilines is 1. The quantitative estimate of drug-likeness (QED) is 0.0890. The molecule has 17 nitrogen and oxygen atoms in total. The van der Waals surface area contributed by atoms with Crippen LogP contribution in [0.25, 0.3) is 0 Å². The number of ketones is 1. The molecule has 0 unspecified atom stereocenters. The standard InChI is InChI=1S/C39H62N8O9/c1-27(48)30-18-25-56-33-16-14-28(43-34(49)13-8-6-4-2-3-5-7-11-20-42-39(55)47-23-21-41-22-24-47)26-29(33)36(52)45-32(15-17-35(50)51)38(54)46-31(37(53)44-30)12-9-10-19-40/h14,16,26,30-32,41H,2-13,15,17-25,40H2,1H3,(H,42,55)(H,43,49)(H,44,53)(H,45,52)(H,46,54)(H,50,51)/t30-,31-,32-/m0/s1. The number of nitrogens with one attached hydrogen (secondary N) is 6. The van der Waals surface area contributed by atoms with Crippen LogP contribution in [0.5, 0.6) is 5.75 Å². The van der Waals surface area contributed by atoms with E-state index in [1.807, 2.05) is 4.90 Å². The molecule has 0 aliphatic carbocycles. The van der Waals surface area contributed by atoms with Crippen LogP contribution in [0.3, 0.4) is 0 Å². The number of amides is 6. The van der Waals surface area contributed by atoms with Gasteiger partial charge >= 0.3 is 12.0 Å². The molecular formula is C39H62N8O9. The number of nitrogens with two attached hydrogens (primary N) is 1. The van der Waals surface area contributed by atoms with Crippen molar-refractivity contribution in [3.63, 3.8) is 0 Å². The molecule has 0 spiro atoms. The number of unbranched alkanes of at least 4 members (excludes halogenated alkanes) is 8. The summed E-state index contributed by atoms with van der Waals surface area (Å²) in [5, 5.41) is 26.3. The summed E-state index contributed by atoms with van der Waals surface area (Å²) in [7, 11) is 0. The van der Waals surface area contributed by atoms with Crippen LogP contribution in [0.15, 0.2) is 18.2 Å². The summed E-state index contributed by atoms with van der Waals surface area (Å²) in [6, 6.07) is 1.21. The maximum atomic E-state index is 13.7. The normalized spacial score (nSPS) is 19.3. The maximum absolute atomic E-state index is 13.7. The average Bonchev–Trinajstić information content (AvgIpc) is 3.17. The van der Waals surface area contributed by atoms with E-state index in [1.165, 1.54) is 19.1 Å². The van der Waals surface area contributed by atoms with Crippen LogP contribution < -0.4 is 42.4 Å². The Morgan fingerprint density at radius 2 is 1.50 bits per heavy atom. The number of Topliss-reactive ketones (excluding diaryl/α,β-unsaturated/α-hetero) is 1. The van der Waals surface area contributed by atoms with Gasteiger partial charge in [-0.3, -0.25) is 28.8 Å². The van der Waals surface area contributed by atoms with E-state index >= 15 is 0 Å². The third-order valence-electron chi connectivity index (χ3n) is 9.84. The molecule has 2 heterocycles. The van der Waals surface area contributed by atoms with Crippen LogP contribution in [0, 0.1) is 0 Å². The summed E-state index contributed by atoms with van der Waals surface area (Å²) in [6.45, 7) is 5.49. The van der Waals surface area contributed by atoms with Crippen molar-refractivity contribution in [1.82, 2.24) is 31.5 Å². The molecule has 1 saturated heterocycles. The highest BCUT2D eigenvalue weighted by atomic mass is 16.5. The second kappa shape index (κ2) is 25.4. The van der Waals surface area contributed by atoms with Gasteiger partial charge in [0.15, 0.2) is 5.78 Å². The first kappa shape index (κ1) is 45.6. The Bertz CT molecular complexity index is 1470. The van der Waals surface area contributed by atoms with Gasteiger partial charge in [0.1, 0.15) is 17.8 Å². The summed E-state index contributed by atoms with van der Waals surface area (Å²) in [4.78, 5) is 91.2. The lowest BCUT2D eigenvalue weighted by Gasteiger charge is -2.27. The van der Waals surface area contributed by atoms with Crippen LogP contribution in [0.2, 0.25) is 0 Å². The van der Waals surface area contributed by atoms with Crippen molar-refractivity contribution in [2.24, 2.45) is 5.73 Å². The smallest absolute Gasteiger partial charge is 0.317 e. The van der Waals surface area contributed by atoms with E-state index in [2.05, 4.69) is 31.9 Å². The zero-order valence-corrected chi connectivity index (χ0v) is 32.8. The molecule has 0 bridgehead atoms. The number of hydrogen-bond donors (Lipinski definition) is 8. The maximum Gasteiger partial charge on any atom is 0.317 e. The van der Waals surface area contributed by atoms with Gasteiger partial charge in [0, 0.05) is 57.7 Å². The molecule has 0 saturated carbocycles. The molecular weight excluding hydrogens is 724 g/mol. The molecule has 0 aromatic heterocycles. The number of ether oxygens (including phenoxy) is 1. The Morgan fingerprint density at radius 1 is 0.839 bits per heavy atom. The number of piperazine rings is 1. The predicted octanol–water partition coefficient (Wildman–Crippen LogP) is 2.18. The molecule has 1 fully saturated rings. The number of fused-ring (bicyclic) bond motifs is 1. The molecule has 1 aromatic rings. The lowest BCUT2D eigenvalue weighted by molar-refractivity contribution is -0.137. The van der Waals surface area contributed by atoms with E-state index in [4.69, 9.17) is 10.5 Å². The summed E-state index contributed by atoms with van der Waals surface area (Å²) >= 11 is 0. The lowest BCUT2D eigenvalue weighted by atomic mass is 10.0. The van der Waals surface area contributed by atoms with Gasteiger partial charge < -0.3 is 52.4 Å². The Balaban J connectivity index is 1.54. The zero-order chi connectivity index (χ0) is 40.7. The molecule has 1 aromatic carbocycles. The number of carbonyl (C=O) groups excluding carboxylic acids is 6. The number of rotatable bonds is 20. The number of aliphatic carboxylic acids is 1. The third kappa shape index (κ3) is 16.9. The first-order valence-electron chi connectivity index (χ1n) is 20.1. The summed E-state index contributed by atoms with van der Waals surface area (Å²) in [5.74, 6) is -3.71. The topological polar surface area (TPSA) is 250 Å². The van der Waals surface area contributed by atoms with Gasteiger partial charge in [-0.05, 0) is 70.2 Å². The van der Waals surface area contributed by atoms with Crippen molar-refractivity contribution < 1.29 is 43.4 Å². The Hall–Kier alpha value is -4.77. The van der Waals surface area contributed by atoms with E-state index < -0.39 is 48.2 Å². The van der Waals surface area contributed by atoms with Gasteiger partial charge in [-0.25, -0.2) is 4.79 Å². The van der Waals surface area contributed by atoms with Crippen LogP contribution >= 0.6 is 0 Å². The highest BCUT2D eigenvalue weighted by Crippen LogP contribution is 2.25. The number of hydrogen-bond acceptors (Lipinski definition) is 10. The van der Waals surface area contributed by atoms with Crippen LogP contribution in [-0.2, 0) is 24.0 Å². The van der Waals surface area contributed by atoms with Gasteiger partial charge in [-0.1, -0.05) is 38.5 Å². The monoisotopic (exact) mass is 786 g/mol. The largest absolute Gasteiger partial charge is 0.493 e. The van der Waals surface area contributed by atoms with E-state index in [0.717, 1.165) is 71.1 Å². The summed E-state index contributed by atoms with van der Waals surface area (Å²) in [6.07, 6.45) is 8.81. The minimum Gasteiger partial charge on any atom is -0.493 e. The Morgan fingerprint density at radius 3 is 2.18 bits per heavy atom. The van der Waals surface area contributed by atoms with Crippen molar-refractivity contribution in [1.29, 1.82) is 0 Å². The number of benzene rings is 1. The number of carboxylic acids is 1. The first-order chi connectivity index (χ1) is 27.0. The lowest BCUT2D eigenvalue weighted by Crippen LogP contribution is -2.56. The second-order valence-electron chi connectivity index (χ2n) is 14.4.